The maximum absolute atomic E-state index is 2.39. The fourth-order valence-electron chi connectivity index (χ4n) is 2.49. The van der Waals surface area contributed by atoms with E-state index >= 15 is 0 Å². The van der Waals surface area contributed by atoms with E-state index in [-0.39, 0.29) is 5.41 Å². The summed E-state index contributed by atoms with van der Waals surface area (Å²) in [4.78, 5) is 0. The Labute approximate surface area is 93.0 Å². The largest absolute Gasteiger partial charge is 0.0654 e. The van der Waals surface area contributed by atoms with Crippen LogP contribution in [0.2, 0.25) is 0 Å². The second kappa shape index (κ2) is 3.84. The Morgan fingerprint density at radius 1 is 1.13 bits per heavy atom. The first-order valence-corrected chi connectivity index (χ1v) is 5.97. The third kappa shape index (κ3) is 1.73. The topological polar surface area (TPSA) is 0 Å². The van der Waals surface area contributed by atoms with E-state index in [0.29, 0.717) is 0 Å². The third-order valence-corrected chi connectivity index (χ3v) is 3.57. The van der Waals surface area contributed by atoms with Gasteiger partial charge in [0.2, 0.25) is 0 Å². The molecule has 0 atom stereocenters. The van der Waals surface area contributed by atoms with Gasteiger partial charge >= 0.3 is 0 Å². The Morgan fingerprint density at radius 3 is 2.53 bits per heavy atom. The Balaban J connectivity index is 2.31. The minimum Gasteiger partial charge on any atom is -0.0654 e. The molecule has 0 radical (unpaired) electrons. The Morgan fingerprint density at radius 2 is 1.87 bits per heavy atom. The van der Waals surface area contributed by atoms with Crippen LogP contribution in [-0.2, 0) is 5.41 Å². The van der Waals surface area contributed by atoms with Crippen molar-refractivity contribution < 1.29 is 0 Å². The summed E-state index contributed by atoms with van der Waals surface area (Å²) < 4.78 is 0. The van der Waals surface area contributed by atoms with Crippen LogP contribution in [0, 0.1) is 0 Å². The molecule has 0 N–H and O–H groups in total. The molecule has 80 valence electrons. The molecule has 0 aromatic heterocycles. The molecule has 1 aromatic carbocycles. The van der Waals surface area contributed by atoms with Crippen molar-refractivity contribution in [2.24, 2.45) is 0 Å². The zero-order chi connectivity index (χ0) is 10.9. The minimum absolute atomic E-state index is 0.256. The lowest BCUT2D eigenvalue weighted by Gasteiger charge is -2.24. The number of rotatable bonds is 3. The number of benzene rings is 1. The fraction of sp³-hybridized carbons (Fsp3) is 0.467. The summed E-state index contributed by atoms with van der Waals surface area (Å²) in [5.41, 5.74) is 4.78. The van der Waals surface area contributed by atoms with Crippen LogP contribution in [0.25, 0.3) is 6.08 Å². The molecular weight excluding hydrogens is 180 g/mol. The first-order valence-electron chi connectivity index (χ1n) is 5.97. The van der Waals surface area contributed by atoms with E-state index in [1.54, 1.807) is 5.57 Å². The first kappa shape index (κ1) is 10.5. The van der Waals surface area contributed by atoms with E-state index in [9.17, 15) is 0 Å². The summed E-state index contributed by atoms with van der Waals surface area (Å²) in [5.74, 6) is 0. The quantitative estimate of drug-likeness (QED) is 0.671. The molecule has 1 aliphatic rings. The van der Waals surface area contributed by atoms with Crippen LogP contribution < -0.4 is 0 Å². The lowest BCUT2D eigenvalue weighted by molar-refractivity contribution is 0.593. The number of fused-ring (bicyclic) bond motifs is 1. The van der Waals surface area contributed by atoms with Crippen LogP contribution in [0.3, 0.4) is 0 Å². The zero-order valence-electron chi connectivity index (χ0n) is 10.0. The highest BCUT2D eigenvalue weighted by Crippen LogP contribution is 2.43. The van der Waals surface area contributed by atoms with Crippen molar-refractivity contribution in [2.75, 3.05) is 0 Å². The van der Waals surface area contributed by atoms with Crippen LogP contribution in [0.4, 0.5) is 0 Å². The fourth-order valence-corrected chi connectivity index (χ4v) is 2.49. The SMILES string of the molecule is CCCCC1=Cc2ccccc2C1(C)C. The normalized spacial score (nSPS) is 17.4. The van der Waals surface area contributed by atoms with Gasteiger partial charge in [0, 0.05) is 5.41 Å². The monoisotopic (exact) mass is 200 g/mol. The smallest absolute Gasteiger partial charge is 0.0114 e. The lowest BCUT2D eigenvalue weighted by atomic mass is 9.79. The van der Waals surface area contributed by atoms with Gasteiger partial charge in [0.15, 0.2) is 0 Å². The zero-order valence-corrected chi connectivity index (χ0v) is 10.0. The Kier molecular flexibility index (Phi) is 2.68. The highest BCUT2D eigenvalue weighted by atomic mass is 14.3. The highest BCUT2D eigenvalue weighted by Gasteiger charge is 2.31. The first-order chi connectivity index (χ1) is 7.16. The van der Waals surface area contributed by atoms with Gasteiger partial charge in [-0.1, -0.05) is 63.1 Å². The van der Waals surface area contributed by atoms with Gasteiger partial charge in [0.1, 0.15) is 0 Å². The van der Waals surface area contributed by atoms with Crippen LogP contribution in [-0.4, -0.2) is 0 Å². The number of allylic oxidation sites excluding steroid dienone is 1. The van der Waals surface area contributed by atoms with Crippen LogP contribution >= 0.6 is 0 Å². The van der Waals surface area contributed by atoms with E-state index in [0.717, 1.165) is 0 Å². The van der Waals surface area contributed by atoms with Gasteiger partial charge in [0.05, 0.1) is 0 Å². The van der Waals surface area contributed by atoms with Gasteiger partial charge in [-0.15, -0.1) is 0 Å². The second-order valence-electron chi connectivity index (χ2n) is 4.99. The minimum atomic E-state index is 0.256. The summed E-state index contributed by atoms with van der Waals surface area (Å²) in [6, 6.07) is 8.78. The van der Waals surface area contributed by atoms with E-state index in [4.69, 9.17) is 0 Å². The Hall–Kier alpha value is -1.04. The molecule has 0 heteroatoms. The summed E-state index contributed by atoms with van der Waals surface area (Å²) >= 11 is 0. The number of hydrogen-bond acceptors (Lipinski definition) is 0. The van der Waals surface area contributed by atoms with Crippen molar-refractivity contribution in [1.29, 1.82) is 0 Å². The number of hydrogen-bond donors (Lipinski definition) is 0. The molecule has 0 unspecified atom stereocenters. The second-order valence-corrected chi connectivity index (χ2v) is 4.99. The van der Waals surface area contributed by atoms with Crippen molar-refractivity contribution in [3.05, 3.63) is 41.0 Å². The number of unbranched alkanes of at least 4 members (excludes halogenated alkanes) is 1. The molecule has 0 spiro atoms. The summed E-state index contributed by atoms with van der Waals surface area (Å²) in [7, 11) is 0. The van der Waals surface area contributed by atoms with Crippen molar-refractivity contribution in [2.45, 2.75) is 45.4 Å². The van der Waals surface area contributed by atoms with Gasteiger partial charge in [-0.25, -0.2) is 0 Å². The molecule has 0 aliphatic heterocycles. The summed E-state index contributed by atoms with van der Waals surface area (Å²) in [6.07, 6.45) is 6.23. The molecular formula is C15H20. The summed E-state index contributed by atoms with van der Waals surface area (Å²) in [5, 5.41) is 0. The van der Waals surface area contributed by atoms with E-state index in [2.05, 4.69) is 51.1 Å². The molecule has 1 aromatic rings. The van der Waals surface area contributed by atoms with E-state index in [1.807, 2.05) is 0 Å². The van der Waals surface area contributed by atoms with Crippen LogP contribution in [0.1, 0.15) is 51.2 Å². The molecule has 0 amide bonds. The molecule has 0 saturated carbocycles. The lowest BCUT2D eigenvalue weighted by Crippen LogP contribution is -2.17. The van der Waals surface area contributed by atoms with Crippen LogP contribution in [0.15, 0.2) is 29.8 Å². The van der Waals surface area contributed by atoms with Crippen molar-refractivity contribution in [3.8, 4) is 0 Å². The molecule has 0 fully saturated rings. The highest BCUT2D eigenvalue weighted by molar-refractivity contribution is 5.68. The molecule has 15 heavy (non-hydrogen) atoms. The van der Waals surface area contributed by atoms with Gasteiger partial charge in [-0.05, 0) is 24.0 Å². The van der Waals surface area contributed by atoms with Crippen molar-refractivity contribution in [3.63, 3.8) is 0 Å². The van der Waals surface area contributed by atoms with Gasteiger partial charge < -0.3 is 0 Å². The van der Waals surface area contributed by atoms with Gasteiger partial charge in [-0.2, -0.15) is 0 Å². The van der Waals surface area contributed by atoms with Gasteiger partial charge in [0.25, 0.3) is 0 Å². The summed E-state index contributed by atoms with van der Waals surface area (Å²) in [6.45, 7) is 6.95. The molecule has 1 aliphatic carbocycles. The third-order valence-electron chi connectivity index (χ3n) is 3.57. The molecule has 0 heterocycles. The maximum Gasteiger partial charge on any atom is 0.0114 e. The predicted octanol–water partition coefficient (Wildman–Crippen LogP) is 4.55. The molecule has 2 rings (SSSR count). The molecule has 0 nitrogen and oxygen atoms in total. The molecule has 0 saturated heterocycles. The predicted molar refractivity (Wildman–Crippen MR) is 67.0 cm³/mol. The standard InChI is InChI=1S/C15H20/c1-4-5-9-13-11-12-8-6-7-10-14(12)15(13,2)3/h6-8,10-11H,4-5,9H2,1-3H3. The average Bonchev–Trinajstić information content (AvgIpc) is 2.48. The Bertz CT molecular complexity index is 383. The maximum atomic E-state index is 2.39. The van der Waals surface area contributed by atoms with E-state index in [1.165, 1.54) is 30.4 Å². The van der Waals surface area contributed by atoms with E-state index < -0.39 is 0 Å². The average molecular weight is 200 g/mol. The van der Waals surface area contributed by atoms with Crippen molar-refractivity contribution in [1.82, 2.24) is 0 Å². The van der Waals surface area contributed by atoms with Crippen molar-refractivity contribution >= 4 is 6.08 Å². The molecule has 0 bridgehead atoms. The van der Waals surface area contributed by atoms with Gasteiger partial charge in [-0.3, -0.25) is 0 Å². The van der Waals surface area contributed by atoms with Crippen LogP contribution in [0.5, 0.6) is 0 Å².